The molecule has 49 heavy (non-hydrogen) atoms. The normalized spacial score (nSPS) is 18.5. The standard InChI is InChI=1S/C36H39F4N3O6/c1-47-25-8-9-27(34(46)43(21-36(39,40)35(37)38)30-20-48-31-5-3-2-4-26(30)31)29(17-25)42-14-11-22(12-15-42)19-49-32-16-24(10-13-41-32)28(18-33(44)45)23-6-7-23/h2-5,8-10,13,16-17,22-23,28,30,35H,6-7,11-12,14-15,18-21H2,1H3,(H,44,45). The van der Waals surface area contributed by atoms with Crippen molar-refractivity contribution in [1.82, 2.24) is 9.88 Å². The molecule has 9 nitrogen and oxygen atoms in total. The summed E-state index contributed by atoms with van der Waals surface area (Å²) in [5.74, 6) is -4.34. The van der Waals surface area contributed by atoms with Gasteiger partial charge in [-0.3, -0.25) is 9.59 Å². The number of carbonyl (C=O) groups excluding carboxylic acids is 1. The fourth-order valence-corrected chi connectivity index (χ4v) is 6.78. The molecule has 3 aromatic rings. The molecule has 13 heteroatoms. The van der Waals surface area contributed by atoms with Gasteiger partial charge in [0.15, 0.2) is 0 Å². The van der Waals surface area contributed by atoms with Crippen molar-refractivity contribution in [3.05, 3.63) is 77.5 Å². The summed E-state index contributed by atoms with van der Waals surface area (Å²) in [6.45, 7) is -0.206. The average Bonchev–Trinajstić information content (AvgIpc) is 3.86. The van der Waals surface area contributed by atoms with Gasteiger partial charge in [-0.05, 0) is 73.3 Å². The van der Waals surface area contributed by atoms with Crippen molar-refractivity contribution < 1.29 is 46.5 Å². The van der Waals surface area contributed by atoms with E-state index in [1.54, 1.807) is 42.6 Å². The molecule has 0 radical (unpaired) electrons. The number of methoxy groups -OCH3 is 1. The van der Waals surface area contributed by atoms with Gasteiger partial charge in [0.1, 0.15) is 18.1 Å². The quantitative estimate of drug-likeness (QED) is 0.185. The van der Waals surface area contributed by atoms with Gasteiger partial charge in [0, 0.05) is 37.0 Å². The van der Waals surface area contributed by atoms with Crippen LogP contribution >= 0.6 is 0 Å². The van der Waals surface area contributed by atoms with Crippen molar-refractivity contribution in [1.29, 1.82) is 0 Å². The van der Waals surface area contributed by atoms with Gasteiger partial charge in [0.2, 0.25) is 5.88 Å². The SMILES string of the molecule is COc1ccc(C(=O)N(CC(F)(F)C(F)F)C2COc3ccccc32)c(N2CCC(COc3cc(C(CC(=O)O)C4CC4)ccn3)CC2)c1. The molecule has 2 unspecified atom stereocenters. The Bertz CT molecular complexity index is 1650. The number of halogens is 4. The second-order valence-corrected chi connectivity index (χ2v) is 13.0. The molecule has 2 atom stereocenters. The highest BCUT2D eigenvalue weighted by atomic mass is 19.3. The summed E-state index contributed by atoms with van der Waals surface area (Å²) in [7, 11) is 1.48. The summed E-state index contributed by atoms with van der Waals surface area (Å²) in [6.07, 6.45) is 1.14. The molecule has 0 bridgehead atoms. The second kappa shape index (κ2) is 14.5. The number of amides is 1. The Labute approximate surface area is 281 Å². The molecule has 3 heterocycles. The predicted octanol–water partition coefficient (Wildman–Crippen LogP) is 6.83. The van der Waals surface area contributed by atoms with Gasteiger partial charge in [-0.1, -0.05) is 18.2 Å². The highest BCUT2D eigenvalue weighted by Crippen LogP contribution is 2.45. The molecule has 1 amide bonds. The third kappa shape index (κ3) is 7.86. The predicted molar refractivity (Wildman–Crippen MR) is 172 cm³/mol. The molecule has 262 valence electrons. The van der Waals surface area contributed by atoms with E-state index in [-0.39, 0.29) is 30.4 Å². The number of piperidine rings is 1. The van der Waals surface area contributed by atoms with Crippen molar-refractivity contribution in [2.75, 3.05) is 44.9 Å². The lowest BCUT2D eigenvalue weighted by Gasteiger charge is -2.36. The van der Waals surface area contributed by atoms with Crippen molar-refractivity contribution >= 4 is 17.6 Å². The molecule has 1 N–H and O–H groups in total. The molecular weight excluding hydrogens is 646 g/mol. The fraction of sp³-hybridized carbons (Fsp3) is 0.472. The van der Waals surface area contributed by atoms with Crippen LogP contribution in [-0.4, -0.2) is 79.2 Å². The number of benzene rings is 2. The van der Waals surface area contributed by atoms with Crippen LogP contribution in [0.15, 0.2) is 60.8 Å². The number of carboxylic acids is 1. The fourth-order valence-electron chi connectivity index (χ4n) is 6.78. The number of hydrogen-bond donors (Lipinski definition) is 1. The van der Waals surface area contributed by atoms with Gasteiger partial charge < -0.3 is 29.1 Å². The molecule has 0 spiro atoms. The number of hydrogen-bond acceptors (Lipinski definition) is 7. The molecule has 2 fully saturated rings. The maximum atomic E-state index is 14.6. The van der Waals surface area contributed by atoms with Crippen LogP contribution in [0.5, 0.6) is 17.4 Å². The lowest BCUT2D eigenvalue weighted by atomic mass is 9.92. The maximum absolute atomic E-state index is 14.6. The first-order valence-electron chi connectivity index (χ1n) is 16.5. The zero-order valence-corrected chi connectivity index (χ0v) is 27.1. The second-order valence-electron chi connectivity index (χ2n) is 13.0. The number of carboxylic acid groups (broad SMARTS) is 1. The van der Waals surface area contributed by atoms with E-state index in [1.165, 1.54) is 13.2 Å². The van der Waals surface area contributed by atoms with Gasteiger partial charge in [0.25, 0.3) is 5.91 Å². The number of pyridine rings is 1. The number of fused-ring (bicyclic) bond motifs is 1. The minimum absolute atomic E-state index is 0.0650. The van der Waals surface area contributed by atoms with Crippen molar-refractivity contribution in [3.8, 4) is 17.4 Å². The van der Waals surface area contributed by atoms with Gasteiger partial charge in [-0.15, -0.1) is 0 Å². The lowest BCUT2D eigenvalue weighted by molar-refractivity contribution is -0.141. The summed E-state index contributed by atoms with van der Waals surface area (Å²) >= 11 is 0. The molecule has 2 aromatic carbocycles. The third-order valence-corrected chi connectivity index (χ3v) is 9.64. The van der Waals surface area contributed by atoms with Crippen LogP contribution in [0.2, 0.25) is 0 Å². The summed E-state index contributed by atoms with van der Waals surface area (Å²) in [5, 5.41) is 9.38. The zero-order valence-electron chi connectivity index (χ0n) is 27.1. The number of rotatable bonds is 14. The maximum Gasteiger partial charge on any atom is 0.324 e. The van der Waals surface area contributed by atoms with E-state index in [0.29, 0.717) is 67.1 Å². The molecule has 6 rings (SSSR count). The van der Waals surface area contributed by atoms with Crippen LogP contribution < -0.4 is 19.1 Å². The van der Waals surface area contributed by atoms with Crippen LogP contribution in [0, 0.1) is 11.8 Å². The Morgan fingerprint density at radius 2 is 1.84 bits per heavy atom. The largest absolute Gasteiger partial charge is 0.497 e. The number of ether oxygens (including phenoxy) is 3. The van der Waals surface area contributed by atoms with E-state index in [9.17, 15) is 32.3 Å². The van der Waals surface area contributed by atoms with Gasteiger partial charge in [0.05, 0.1) is 44.0 Å². The first-order valence-corrected chi connectivity index (χ1v) is 16.5. The van der Waals surface area contributed by atoms with E-state index >= 15 is 0 Å². The molecule has 1 saturated carbocycles. The summed E-state index contributed by atoms with van der Waals surface area (Å²) in [6, 6.07) is 14.1. The third-order valence-electron chi connectivity index (χ3n) is 9.64. The molecular formula is C36H39F4N3O6. The number of nitrogens with zero attached hydrogens (tertiary/aromatic N) is 3. The number of aromatic nitrogens is 1. The van der Waals surface area contributed by atoms with Gasteiger partial charge >= 0.3 is 18.3 Å². The molecule has 3 aliphatic rings. The Morgan fingerprint density at radius 3 is 2.53 bits per heavy atom. The minimum atomic E-state index is -4.44. The van der Waals surface area contributed by atoms with Crippen molar-refractivity contribution in [2.24, 2.45) is 11.8 Å². The summed E-state index contributed by atoms with van der Waals surface area (Å²) in [5.41, 5.74) is 1.94. The van der Waals surface area contributed by atoms with Crippen LogP contribution in [0.1, 0.15) is 65.5 Å². The van der Waals surface area contributed by atoms with Crippen molar-refractivity contribution in [3.63, 3.8) is 0 Å². The Kier molecular flexibility index (Phi) is 10.2. The minimum Gasteiger partial charge on any atom is -0.497 e. The van der Waals surface area contributed by atoms with Gasteiger partial charge in [-0.25, -0.2) is 13.8 Å². The Balaban J connectivity index is 1.17. The van der Waals surface area contributed by atoms with Crippen LogP contribution in [0.25, 0.3) is 0 Å². The smallest absolute Gasteiger partial charge is 0.324 e. The Hall–Kier alpha value is -4.55. The van der Waals surface area contributed by atoms with E-state index < -0.39 is 36.8 Å². The van der Waals surface area contributed by atoms with E-state index in [1.807, 2.05) is 17.0 Å². The van der Waals surface area contributed by atoms with Crippen molar-refractivity contribution in [2.45, 2.75) is 56.4 Å². The van der Waals surface area contributed by atoms with E-state index in [4.69, 9.17) is 14.2 Å². The molecule has 1 saturated heterocycles. The van der Waals surface area contributed by atoms with Crippen LogP contribution in [0.4, 0.5) is 23.2 Å². The zero-order chi connectivity index (χ0) is 34.7. The number of anilines is 1. The number of para-hydroxylation sites is 1. The summed E-state index contributed by atoms with van der Waals surface area (Å²) < 4.78 is 73.3. The monoisotopic (exact) mass is 685 g/mol. The van der Waals surface area contributed by atoms with Crippen LogP contribution in [0.3, 0.4) is 0 Å². The summed E-state index contributed by atoms with van der Waals surface area (Å²) in [4.78, 5) is 32.7. The first kappa shape index (κ1) is 34.3. The van der Waals surface area contributed by atoms with E-state index in [0.717, 1.165) is 23.3 Å². The first-order chi connectivity index (χ1) is 23.5. The molecule has 2 aliphatic heterocycles. The number of aliphatic carboxylic acids is 1. The van der Waals surface area contributed by atoms with E-state index in [2.05, 4.69) is 4.98 Å². The average molecular weight is 686 g/mol. The highest BCUT2D eigenvalue weighted by molar-refractivity contribution is 6.00. The van der Waals surface area contributed by atoms with Gasteiger partial charge in [-0.2, -0.15) is 8.78 Å². The Morgan fingerprint density at radius 1 is 1.08 bits per heavy atom. The lowest BCUT2D eigenvalue weighted by Crippen LogP contribution is -2.47. The molecule has 1 aliphatic carbocycles. The highest BCUT2D eigenvalue weighted by Gasteiger charge is 2.47. The topological polar surface area (TPSA) is 101 Å². The van der Waals surface area contributed by atoms with Crippen LogP contribution in [-0.2, 0) is 4.79 Å². The number of alkyl halides is 4. The number of carbonyl (C=O) groups is 2. The molecule has 1 aromatic heterocycles.